The molecule has 0 radical (unpaired) electrons. The molecule has 0 unspecified atom stereocenters. The molecule has 0 saturated carbocycles. The van der Waals surface area contributed by atoms with E-state index in [2.05, 4.69) is 11.4 Å². The Morgan fingerprint density at radius 3 is 2.67 bits per heavy atom. The molecule has 0 atom stereocenters. The van der Waals surface area contributed by atoms with Gasteiger partial charge in [-0.3, -0.25) is 0 Å². The van der Waals surface area contributed by atoms with Crippen molar-refractivity contribution in [2.75, 3.05) is 13.2 Å². The van der Waals surface area contributed by atoms with Gasteiger partial charge in [0.2, 0.25) is 0 Å². The quantitative estimate of drug-likeness (QED) is 0.665. The van der Waals surface area contributed by atoms with E-state index in [1.807, 2.05) is 54.8 Å². The van der Waals surface area contributed by atoms with Gasteiger partial charge in [-0.25, -0.2) is 0 Å². The molecule has 0 saturated heterocycles. The Morgan fingerprint density at radius 1 is 0.952 bits per heavy atom. The summed E-state index contributed by atoms with van der Waals surface area (Å²) in [4.78, 5) is 0. The summed E-state index contributed by atoms with van der Waals surface area (Å²) in [6, 6.07) is 18.0. The molecule has 0 spiro atoms. The second kappa shape index (κ2) is 6.95. The number of benzene rings is 2. The largest absolute Gasteiger partial charge is 0.494 e. The van der Waals surface area contributed by atoms with Gasteiger partial charge in [-0.2, -0.15) is 0 Å². The molecule has 1 heterocycles. The van der Waals surface area contributed by atoms with Crippen molar-refractivity contribution in [2.24, 2.45) is 0 Å². The van der Waals surface area contributed by atoms with E-state index >= 15 is 0 Å². The number of rotatable bonds is 7. The van der Waals surface area contributed by atoms with Crippen molar-refractivity contribution in [3.63, 3.8) is 0 Å². The van der Waals surface area contributed by atoms with Gasteiger partial charge in [0.05, 0.1) is 12.9 Å². The smallest absolute Gasteiger partial charge is 0.134 e. The fraction of sp³-hybridized carbons (Fsp3) is 0.222. The molecule has 1 aromatic heterocycles. The Kier molecular flexibility index (Phi) is 4.54. The molecule has 0 fully saturated rings. The van der Waals surface area contributed by atoms with Gasteiger partial charge in [0.1, 0.15) is 11.3 Å². The SMILES string of the molecule is c1ccc(OCCCNCc2coc3ccccc23)cc1. The maximum absolute atomic E-state index is 5.65. The van der Waals surface area contributed by atoms with E-state index in [4.69, 9.17) is 9.15 Å². The molecule has 0 amide bonds. The zero-order chi connectivity index (χ0) is 14.3. The third kappa shape index (κ3) is 3.64. The first-order chi connectivity index (χ1) is 10.4. The van der Waals surface area contributed by atoms with Crippen LogP contribution in [0.3, 0.4) is 0 Å². The second-order valence-electron chi connectivity index (χ2n) is 4.95. The van der Waals surface area contributed by atoms with Crippen molar-refractivity contribution < 1.29 is 9.15 Å². The molecule has 21 heavy (non-hydrogen) atoms. The molecule has 3 nitrogen and oxygen atoms in total. The average Bonchev–Trinajstić information content (AvgIpc) is 2.95. The van der Waals surface area contributed by atoms with Gasteiger partial charge in [-0.15, -0.1) is 0 Å². The van der Waals surface area contributed by atoms with Crippen molar-refractivity contribution in [3.8, 4) is 5.75 Å². The Hall–Kier alpha value is -2.26. The van der Waals surface area contributed by atoms with Crippen LogP contribution in [0.5, 0.6) is 5.75 Å². The van der Waals surface area contributed by atoms with Crippen molar-refractivity contribution >= 4 is 11.0 Å². The lowest BCUT2D eigenvalue weighted by Crippen LogP contribution is -2.16. The van der Waals surface area contributed by atoms with Crippen molar-refractivity contribution in [1.82, 2.24) is 5.32 Å². The van der Waals surface area contributed by atoms with Gasteiger partial charge < -0.3 is 14.5 Å². The lowest BCUT2D eigenvalue weighted by Gasteiger charge is -2.06. The lowest BCUT2D eigenvalue weighted by atomic mass is 10.2. The van der Waals surface area contributed by atoms with E-state index in [0.717, 1.165) is 37.4 Å². The van der Waals surface area contributed by atoms with E-state index < -0.39 is 0 Å². The molecule has 3 heteroatoms. The minimum atomic E-state index is 0.725. The maximum Gasteiger partial charge on any atom is 0.134 e. The van der Waals surface area contributed by atoms with E-state index in [1.54, 1.807) is 0 Å². The standard InChI is InChI=1S/C18H19NO2/c1-2-7-16(8-3-1)20-12-6-11-19-13-15-14-21-18-10-5-4-9-17(15)18/h1-5,7-10,14,19H,6,11-13H2. The van der Waals surface area contributed by atoms with E-state index in [0.29, 0.717) is 0 Å². The van der Waals surface area contributed by atoms with Crippen molar-refractivity contribution in [2.45, 2.75) is 13.0 Å². The van der Waals surface area contributed by atoms with Gasteiger partial charge >= 0.3 is 0 Å². The number of para-hydroxylation sites is 2. The predicted molar refractivity (Wildman–Crippen MR) is 84.5 cm³/mol. The molecule has 3 rings (SSSR count). The van der Waals surface area contributed by atoms with Gasteiger partial charge in [0.25, 0.3) is 0 Å². The summed E-state index contributed by atoms with van der Waals surface area (Å²) in [5.74, 6) is 0.929. The summed E-state index contributed by atoms with van der Waals surface area (Å²) >= 11 is 0. The highest BCUT2D eigenvalue weighted by Crippen LogP contribution is 2.20. The van der Waals surface area contributed by atoms with Gasteiger partial charge in [-0.05, 0) is 31.2 Å². The highest BCUT2D eigenvalue weighted by molar-refractivity contribution is 5.80. The van der Waals surface area contributed by atoms with Gasteiger partial charge in [-0.1, -0.05) is 36.4 Å². The molecule has 0 aliphatic heterocycles. The normalized spacial score (nSPS) is 10.9. The van der Waals surface area contributed by atoms with Gasteiger partial charge in [0.15, 0.2) is 0 Å². The Morgan fingerprint density at radius 2 is 1.76 bits per heavy atom. The van der Waals surface area contributed by atoms with Crippen molar-refractivity contribution in [3.05, 3.63) is 66.4 Å². The predicted octanol–water partition coefficient (Wildman–Crippen LogP) is 3.99. The number of fused-ring (bicyclic) bond motifs is 1. The number of nitrogens with one attached hydrogen (secondary N) is 1. The molecule has 1 N–H and O–H groups in total. The van der Waals surface area contributed by atoms with Crippen LogP contribution < -0.4 is 10.1 Å². The number of hydrogen-bond donors (Lipinski definition) is 1. The van der Waals surface area contributed by atoms with Crippen LogP contribution in [-0.4, -0.2) is 13.2 Å². The summed E-state index contributed by atoms with van der Waals surface area (Å²) in [6.07, 6.45) is 2.81. The van der Waals surface area contributed by atoms with Crippen LogP contribution in [0.15, 0.2) is 65.3 Å². The van der Waals surface area contributed by atoms with E-state index in [-0.39, 0.29) is 0 Å². The number of furan rings is 1. The molecule has 0 bridgehead atoms. The first-order valence-corrected chi connectivity index (χ1v) is 7.27. The topological polar surface area (TPSA) is 34.4 Å². The minimum Gasteiger partial charge on any atom is -0.494 e. The molecular weight excluding hydrogens is 262 g/mol. The highest BCUT2D eigenvalue weighted by Gasteiger charge is 2.03. The fourth-order valence-electron chi connectivity index (χ4n) is 2.30. The Balaban J connectivity index is 1.39. The zero-order valence-corrected chi connectivity index (χ0v) is 11.9. The van der Waals surface area contributed by atoms with Gasteiger partial charge in [0, 0.05) is 17.5 Å². The minimum absolute atomic E-state index is 0.725. The molecule has 0 aliphatic carbocycles. The third-order valence-electron chi connectivity index (χ3n) is 3.39. The van der Waals surface area contributed by atoms with Crippen LogP contribution in [0.25, 0.3) is 11.0 Å². The molecule has 108 valence electrons. The van der Waals surface area contributed by atoms with Crippen LogP contribution in [0.4, 0.5) is 0 Å². The average molecular weight is 281 g/mol. The summed E-state index contributed by atoms with van der Waals surface area (Å²) in [5, 5.41) is 4.61. The first kappa shape index (κ1) is 13.7. The van der Waals surface area contributed by atoms with Crippen LogP contribution in [-0.2, 0) is 6.54 Å². The maximum atomic E-state index is 5.65. The summed E-state index contributed by atoms with van der Waals surface area (Å²) < 4.78 is 11.2. The molecular formula is C18H19NO2. The van der Waals surface area contributed by atoms with Crippen molar-refractivity contribution in [1.29, 1.82) is 0 Å². The van der Waals surface area contributed by atoms with Crippen LogP contribution >= 0.6 is 0 Å². The summed E-state index contributed by atoms with van der Waals surface area (Å²) in [5.41, 5.74) is 2.15. The zero-order valence-electron chi connectivity index (χ0n) is 11.9. The highest BCUT2D eigenvalue weighted by atomic mass is 16.5. The van der Waals surface area contributed by atoms with Crippen LogP contribution in [0.2, 0.25) is 0 Å². The summed E-state index contributed by atoms with van der Waals surface area (Å²) in [6.45, 7) is 2.47. The monoisotopic (exact) mass is 281 g/mol. The van der Waals surface area contributed by atoms with Crippen LogP contribution in [0, 0.1) is 0 Å². The molecule has 2 aromatic carbocycles. The van der Waals surface area contributed by atoms with Crippen LogP contribution in [0.1, 0.15) is 12.0 Å². The van der Waals surface area contributed by atoms with E-state index in [1.165, 1.54) is 10.9 Å². The Labute approximate surface area is 124 Å². The molecule has 3 aromatic rings. The fourth-order valence-corrected chi connectivity index (χ4v) is 2.30. The Bertz CT molecular complexity index is 676. The first-order valence-electron chi connectivity index (χ1n) is 7.27. The third-order valence-corrected chi connectivity index (χ3v) is 3.39. The number of ether oxygens (including phenoxy) is 1. The lowest BCUT2D eigenvalue weighted by molar-refractivity contribution is 0.308. The van der Waals surface area contributed by atoms with E-state index in [9.17, 15) is 0 Å². The second-order valence-corrected chi connectivity index (χ2v) is 4.95. The number of hydrogen-bond acceptors (Lipinski definition) is 3. The molecule has 0 aliphatic rings. The summed E-state index contributed by atoms with van der Waals surface area (Å²) in [7, 11) is 0.